The largest absolute Gasteiger partial charge is 0.360 e. The van der Waals surface area contributed by atoms with Crippen molar-refractivity contribution in [2.24, 2.45) is 0 Å². The van der Waals surface area contributed by atoms with Crippen LogP contribution in [-0.4, -0.2) is 24.4 Å². The quantitative estimate of drug-likeness (QED) is 0.815. The molecule has 5 nitrogen and oxygen atoms in total. The Morgan fingerprint density at radius 1 is 1.29 bits per heavy atom. The minimum Gasteiger partial charge on any atom is -0.360 e. The van der Waals surface area contributed by atoms with Crippen LogP contribution in [0.3, 0.4) is 0 Å². The van der Waals surface area contributed by atoms with Gasteiger partial charge in [0.1, 0.15) is 10.6 Å². The number of nitrogens with zero attached hydrogens (tertiary/aromatic N) is 2. The van der Waals surface area contributed by atoms with Crippen LogP contribution in [-0.2, 0) is 23.0 Å². The standard InChI is InChI=1S/C14H15BrN2O3S/c1-9-14(10(2)20-16-9)21(18,19)17-6-5-11-7-13(15)4-3-12(11)8-17/h3-4,7H,5-6,8H2,1-2H3. The molecule has 3 rings (SSSR count). The summed E-state index contributed by atoms with van der Waals surface area (Å²) in [6.45, 7) is 4.13. The molecule has 0 aliphatic carbocycles. The first-order valence-electron chi connectivity index (χ1n) is 6.60. The Labute approximate surface area is 132 Å². The van der Waals surface area contributed by atoms with Gasteiger partial charge in [0.25, 0.3) is 0 Å². The molecule has 1 aromatic heterocycles. The summed E-state index contributed by atoms with van der Waals surface area (Å²) in [5, 5.41) is 3.75. The molecule has 2 aromatic rings. The highest BCUT2D eigenvalue weighted by Crippen LogP contribution is 2.29. The van der Waals surface area contributed by atoms with Gasteiger partial charge in [-0.3, -0.25) is 0 Å². The molecule has 21 heavy (non-hydrogen) atoms. The van der Waals surface area contributed by atoms with Crippen LogP contribution >= 0.6 is 15.9 Å². The molecule has 1 aliphatic heterocycles. The van der Waals surface area contributed by atoms with Gasteiger partial charge in [-0.2, -0.15) is 4.31 Å². The Morgan fingerprint density at radius 3 is 2.71 bits per heavy atom. The molecule has 0 saturated carbocycles. The maximum atomic E-state index is 12.8. The molecule has 0 radical (unpaired) electrons. The van der Waals surface area contributed by atoms with Crippen LogP contribution in [0.4, 0.5) is 0 Å². The van der Waals surface area contributed by atoms with Crippen LogP contribution in [0.2, 0.25) is 0 Å². The van der Waals surface area contributed by atoms with Gasteiger partial charge < -0.3 is 4.52 Å². The van der Waals surface area contributed by atoms with E-state index >= 15 is 0 Å². The summed E-state index contributed by atoms with van der Waals surface area (Å²) < 4.78 is 33.1. The zero-order valence-corrected chi connectivity index (χ0v) is 14.2. The van der Waals surface area contributed by atoms with Crippen molar-refractivity contribution < 1.29 is 12.9 Å². The van der Waals surface area contributed by atoms with Gasteiger partial charge in [0, 0.05) is 17.6 Å². The number of aryl methyl sites for hydroxylation is 2. The Morgan fingerprint density at radius 2 is 2.05 bits per heavy atom. The number of sulfonamides is 1. The van der Waals surface area contributed by atoms with Gasteiger partial charge in [-0.05, 0) is 43.5 Å². The highest BCUT2D eigenvalue weighted by molar-refractivity contribution is 9.10. The number of fused-ring (bicyclic) bond motifs is 1. The smallest absolute Gasteiger partial charge is 0.248 e. The second-order valence-electron chi connectivity index (χ2n) is 5.15. The third kappa shape index (κ3) is 2.54. The third-order valence-corrected chi connectivity index (χ3v) is 6.29. The highest BCUT2D eigenvalue weighted by Gasteiger charge is 2.33. The number of aromatic nitrogens is 1. The van der Waals surface area contributed by atoms with Crippen LogP contribution in [0.5, 0.6) is 0 Å². The second kappa shape index (κ2) is 5.23. The van der Waals surface area contributed by atoms with Crippen LogP contribution in [0.1, 0.15) is 22.6 Å². The van der Waals surface area contributed by atoms with Gasteiger partial charge in [0.2, 0.25) is 10.0 Å². The maximum absolute atomic E-state index is 12.8. The average Bonchev–Trinajstić information content (AvgIpc) is 2.78. The van der Waals surface area contributed by atoms with E-state index in [1.54, 1.807) is 13.8 Å². The summed E-state index contributed by atoms with van der Waals surface area (Å²) in [5.74, 6) is 0.342. The summed E-state index contributed by atoms with van der Waals surface area (Å²) in [5.41, 5.74) is 2.64. The van der Waals surface area contributed by atoms with Gasteiger partial charge in [-0.25, -0.2) is 8.42 Å². The lowest BCUT2D eigenvalue weighted by Gasteiger charge is -2.28. The Kier molecular flexibility index (Phi) is 3.67. The average molecular weight is 371 g/mol. The minimum atomic E-state index is -3.57. The molecule has 2 heterocycles. The highest BCUT2D eigenvalue weighted by atomic mass is 79.9. The van der Waals surface area contributed by atoms with Gasteiger partial charge in [0.15, 0.2) is 5.76 Å². The molecule has 0 bridgehead atoms. The van der Waals surface area contributed by atoms with Crippen molar-refractivity contribution in [3.8, 4) is 0 Å². The Bertz CT molecular complexity index is 779. The molecule has 0 saturated heterocycles. The summed E-state index contributed by atoms with van der Waals surface area (Å²) in [7, 11) is -3.57. The fourth-order valence-electron chi connectivity index (χ4n) is 2.67. The lowest BCUT2D eigenvalue weighted by atomic mass is 10.0. The molecule has 0 spiro atoms. The summed E-state index contributed by atoms with van der Waals surface area (Å²) in [4.78, 5) is 0.197. The van der Waals surface area contributed by atoms with Crippen molar-refractivity contribution in [1.82, 2.24) is 9.46 Å². The fourth-order valence-corrected chi connectivity index (χ4v) is 4.79. The van der Waals surface area contributed by atoms with Crippen molar-refractivity contribution in [1.29, 1.82) is 0 Å². The zero-order chi connectivity index (χ0) is 15.2. The molecular weight excluding hydrogens is 356 g/mol. The first kappa shape index (κ1) is 14.7. The predicted molar refractivity (Wildman–Crippen MR) is 81.4 cm³/mol. The van der Waals surface area contributed by atoms with E-state index in [0.29, 0.717) is 31.0 Å². The minimum absolute atomic E-state index is 0.197. The summed E-state index contributed by atoms with van der Waals surface area (Å²) in [6.07, 6.45) is 0.706. The molecule has 1 aliphatic rings. The van der Waals surface area contributed by atoms with E-state index in [4.69, 9.17) is 4.52 Å². The van der Waals surface area contributed by atoms with E-state index in [-0.39, 0.29) is 4.90 Å². The number of hydrogen-bond acceptors (Lipinski definition) is 4. The van der Waals surface area contributed by atoms with E-state index in [0.717, 1.165) is 10.0 Å². The predicted octanol–water partition coefficient (Wildman–Crippen LogP) is 2.80. The lowest BCUT2D eigenvalue weighted by Crippen LogP contribution is -2.36. The lowest BCUT2D eigenvalue weighted by molar-refractivity contribution is 0.381. The van der Waals surface area contributed by atoms with Gasteiger partial charge in [-0.1, -0.05) is 27.2 Å². The summed E-state index contributed by atoms with van der Waals surface area (Å²) in [6, 6.07) is 5.95. The van der Waals surface area contributed by atoms with Gasteiger partial charge >= 0.3 is 0 Å². The molecule has 1 aromatic carbocycles. The number of benzene rings is 1. The van der Waals surface area contributed by atoms with Crippen molar-refractivity contribution in [2.75, 3.05) is 6.54 Å². The molecule has 7 heteroatoms. The van der Waals surface area contributed by atoms with Crippen LogP contribution in [0, 0.1) is 13.8 Å². The van der Waals surface area contributed by atoms with Gasteiger partial charge in [-0.15, -0.1) is 0 Å². The fraction of sp³-hybridized carbons (Fsp3) is 0.357. The molecular formula is C14H15BrN2O3S. The first-order chi connectivity index (χ1) is 9.89. The first-order valence-corrected chi connectivity index (χ1v) is 8.83. The maximum Gasteiger partial charge on any atom is 0.248 e. The Hall–Kier alpha value is -1.18. The molecule has 0 N–H and O–H groups in total. The summed E-state index contributed by atoms with van der Waals surface area (Å²) >= 11 is 3.44. The molecule has 0 atom stereocenters. The van der Waals surface area contributed by atoms with Crippen molar-refractivity contribution in [3.05, 3.63) is 45.3 Å². The number of hydrogen-bond donors (Lipinski definition) is 0. The van der Waals surface area contributed by atoms with Crippen LogP contribution < -0.4 is 0 Å². The van der Waals surface area contributed by atoms with Crippen LogP contribution in [0.25, 0.3) is 0 Å². The molecule has 0 unspecified atom stereocenters. The monoisotopic (exact) mass is 370 g/mol. The normalized spacial score (nSPS) is 16.0. The Balaban J connectivity index is 1.97. The van der Waals surface area contributed by atoms with Crippen molar-refractivity contribution in [2.45, 2.75) is 31.7 Å². The molecule has 0 fully saturated rings. The van der Waals surface area contributed by atoms with E-state index < -0.39 is 10.0 Å². The zero-order valence-electron chi connectivity index (χ0n) is 11.8. The number of halogens is 1. The van der Waals surface area contributed by atoms with Crippen LogP contribution in [0.15, 0.2) is 32.1 Å². The SMILES string of the molecule is Cc1noc(C)c1S(=O)(=O)N1CCc2cc(Br)ccc2C1. The third-order valence-electron chi connectivity index (χ3n) is 3.71. The van der Waals surface area contributed by atoms with E-state index in [1.807, 2.05) is 12.1 Å². The van der Waals surface area contributed by atoms with Crippen molar-refractivity contribution in [3.63, 3.8) is 0 Å². The number of rotatable bonds is 2. The molecule has 0 amide bonds. The van der Waals surface area contributed by atoms with Crippen molar-refractivity contribution >= 4 is 26.0 Å². The molecule has 112 valence electrons. The van der Waals surface area contributed by atoms with E-state index in [1.165, 1.54) is 9.87 Å². The van der Waals surface area contributed by atoms with E-state index in [2.05, 4.69) is 27.2 Å². The van der Waals surface area contributed by atoms with Gasteiger partial charge in [0.05, 0.1) is 0 Å². The van der Waals surface area contributed by atoms with E-state index in [9.17, 15) is 8.42 Å². The second-order valence-corrected chi connectivity index (χ2v) is 7.95. The topological polar surface area (TPSA) is 63.4 Å².